The second kappa shape index (κ2) is 12.8. The molecule has 0 spiro atoms. The molecule has 266 valence electrons. The van der Waals surface area contributed by atoms with E-state index in [9.17, 15) is 0 Å². The van der Waals surface area contributed by atoms with Crippen molar-refractivity contribution in [3.05, 3.63) is 182 Å². The molecule has 4 nitrogen and oxygen atoms in total. The number of nitrogens with zero attached hydrogens (tertiary/aromatic N) is 4. The Balaban J connectivity index is 1.10. The normalized spacial score (nSPS) is 11.9. The van der Waals surface area contributed by atoms with Crippen LogP contribution in [0.4, 0.5) is 0 Å². The summed E-state index contributed by atoms with van der Waals surface area (Å²) >= 11 is 3.67. The molecule has 57 heavy (non-hydrogen) atoms. The van der Waals surface area contributed by atoms with Crippen LogP contribution in [0.25, 0.3) is 113 Å². The summed E-state index contributed by atoms with van der Waals surface area (Å²) < 4.78 is 7.30. The molecule has 0 saturated carbocycles. The maximum Gasteiger partial charge on any atom is 0.238 e. The average Bonchev–Trinajstić information content (AvgIpc) is 3.96. The molecule has 0 aliphatic carbocycles. The first-order chi connectivity index (χ1) is 28.2. The molecule has 0 aliphatic rings. The Labute approximate surface area is 335 Å². The fourth-order valence-corrected chi connectivity index (χ4v) is 10.9. The molecule has 0 bridgehead atoms. The van der Waals surface area contributed by atoms with Crippen LogP contribution in [0.2, 0.25) is 0 Å². The van der Waals surface area contributed by atoms with Crippen LogP contribution in [0.1, 0.15) is 0 Å². The Kier molecular flexibility index (Phi) is 7.24. The maximum absolute atomic E-state index is 5.36. The summed E-state index contributed by atoms with van der Waals surface area (Å²) in [5.41, 5.74) is 8.75. The zero-order valence-electron chi connectivity index (χ0n) is 30.4. The number of hydrogen-bond donors (Lipinski definition) is 0. The molecule has 8 aromatic carbocycles. The number of thiophene rings is 2. The van der Waals surface area contributed by atoms with Gasteiger partial charge < -0.3 is 0 Å². The highest BCUT2D eigenvalue weighted by atomic mass is 32.1. The lowest BCUT2D eigenvalue weighted by Crippen LogP contribution is -2.06. The van der Waals surface area contributed by atoms with Gasteiger partial charge in [0.2, 0.25) is 5.95 Å². The van der Waals surface area contributed by atoms with Gasteiger partial charge in [0.15, 0.2) is 11.6 Å². The van der Waals surface area contributed by atoms with Crippen LogP contribution in [0.15, 0.2) is 182 Å². The largest absolute Gasteiger partial charge is 0.276 e. The van der Waals surface area contributed by atoms with Crippen LogP contribution in [-0.2, 0) is 0 Å². The van der Waals surface area contributed by atoms with Crippen LogP contribution in [0.5, 0.6) is 0 Å². The summed E-state index contributed by atoms with van der Waals surface area (Å²) in [4.78, 5) is 15.8. The topological polar surface area (TPSA) is 43.6 Å². The summed E-state index contributed by atoms with van der Waals surface area (Å²) in [5, 5.41) is 7.45. The van der Waals surface area contributed by atoms with Crippen molar-refractivity contribution < 1.29 is 0 Å². The van der Waals surface area contributed by atoms with E-state index in [1.54, 1.807) is 0 Å². The van der Waals surface area contributed by atoms with Gasteiger partial charge in [0.1, 0.15) is 0 Å². The van der Waals surface area contributed by atoms with Crippen molar-refractivity contribution in [2.75, 3.05) is 0 Å². The van der Waals surface area contributed by atoms with Crippen molar-refractivity contribution in [2.24, 2.45) is 0 Å². The molecule has 4 heterocycles. The Morgan fingerprint density at radius 3 is 1.79 bits per heavy atom. The van der Waals surface area contributed by atoms with Gasteiger partial charge in [-0.05, 0) is 58.7 Å². The van der Waals surface area contributed by atoms with E-state index >= 15 is 0 Å². The molecule has 0 N–H and O–H groups in total. The quantitative estimate of drug-likeness (QED) is 0.175. The molecule has 4 aromatic heterocycles. The van der Waals surface area contributed by atoms with Crippen molar-refractivity contribution >= 4 is 84.8 Å². The average molecular weight is 763 g/mol. The Hall–Kier alpha value is -6.99. The molecule has 0 aliphatic heterocycles. The van der Waals surface area contributed by atoms with Crippen LogP contribution >= 0.6 is 22.7 Å². The number of aromatic nitrogens is 4. The van der Waals surface area contributed by atoms with E-state index in [0.717, 1.165) is 33.3 Å². The van der Waals surface area contributed by atoms with Gasteiger partial charge in [-0.3, -0.25) is 4.57 Å². The number of fused-ring (bicyclic) bond motifs is 10. The summed E-state index contributed by atoms with van der Waals surface area (Å²) in [6.07, 6.45) is 0. The minimum absolute atomic E-state index is 0.596. The smallest absolute Gasteiger partial charge is 0.238 e. The number of para-hydroxylation sites is 1. The van der Waals surface area contributed by atoms with E-state index < -0.39 is 0 Å². The second-order valence-corrected chi connectivity index (χ2v) is 16.5. The summed E-state index contributed by atoms with van der Waals surface area (Å²) in [6.45, 7) is 0. The molecule has 12 rings (SSSR count). The van der Waals surface area contributed by atoms with Gasteiger partial charge in [0.25, 0.3) is 0 Å². The zero-order chi connectivity index (χ0) is 37.5. The highest BCUT2D eigenvalue weighted by Crippen LogP contribution is 2.45. The lowest BCUT2D eigenvalue weighted by Gasteiger charge is -2.13. The number of rotatable bonds is 5. The summed E-state index contributed by atoms with van der Waals surface area (Å²) in [5.74, 6) is 1.85. The third-order valence-electron chi connectivity index (χ3n) is 11.1. The lowest BCUT2D eigenvalue weighted by molar-refractivity contribution is 0.955. The fourth-order valence-electron chi connectivity index (χ4n) is 8.45. The van der Waals surface area contributed by atoms with Crippen molar-refractivity contribution in [1.29, 1.82) is 0 Å². The van der Waals surface area contributed by atoms with Crippen LogP contribution < -0.4 is 0 Å². The minimum atomic E-state index is 0.596. The Morgan fingerprint density at radius 1 is 0.368 bits per heavy atom. The molecule has 12 aromatic rings. The fraction of sp³-hybridized carbons (Fsp3) is 0. The van der Waals surface area contributed by atoms with Crippen molar-refractivity contribution in [3.8, 4) is 51.0 Å². The standard InChI is InChI=1S/C51H30N4S2/c1-3-14-31(15-4-1)41-29-35(30-45-46(41)40-22-9-12-25-44(40)56-45)33-18-13-19-34(28-33)50-52-49(32-16-5-2-6-17-32)53-51(54-50)55-42-23-10-7-20-36(42)38-26-27-39-37-21-8-11-24-43(37)57-48(39)47(38)55/h1-30H. The Morgan fingerprint density at radius 2 is 0.982 bits per heavy atom. The summed E-state index contributed by atoms with van der Waals surface area (Å²) in [6, 6.07) is 64.8. The van der Waals surface area contributed by atoms with Gasteiger partial charge in [0.05, 0.1) is 15.7 Å². The molecule has 0 fully saturated rings. The monoisotopic (exact) mass is 762 g/mol. The van der Waals surface area contributed by atoms with E-state index in [1.165, 1.54) is 62.2 Å². The zero-order valence-corrected chi connectivity index (χ0v) is 32.1. The first-order valence-corrected chi connectivity index (χ1v) is 20.7. The predicted molar refractivity (Wildman–Crippen MR) is 242 cm³/mol. The molecule has 0 atom stereocenters. The van der Waals surface area contributed by atoms with Gasteiger partial charge in [-0.25, -0.2) is 4.98 Å². The van der Waals surface area contributed by atoms with E-state index in [-0.39, 0.29) is 0 Å². The van der Waals surface area contributed by atoms with E-state index in [2.05, 4.69) is 168 Å². The minimum Gasteiger partial charge on any atom is -0.276 e. The molecular weight excluding hydrogens is 733 g/mol. The highest BCUT2D eigenvalue weighted by molar-refractivity contribution is 7.26. The van der Waals surface area contributed by atoms with E-state index in [0.29, 0.717) is 17.6 Å². The van der Waals surface area contributed by atoms with Crippen LogP contribution in [0, 0.1) is 0 Å². The predicted octanol–water partition coefficient (Wildman–Crippen LogP) is 14.4. The Bertz CT molecular complexity index is 3530. The van der Waals surface area contributed by atoms with Crippen molar-refractivity contribution in [2.45, 2.75) is 0 Å². The van der Waals surface area contributed by atoms with E-state index in [4.69, 9.17) is 15.0 Å². The van der Waals surface area contributed by atoms with Gasteiger partial charge in [-0.2, -0.15) is 9.97 Å². The summed E-state index contributed by atoms with van der Waals surface area (Å²) in [7, 11) is 0. The molecule has 0 radical (unpaired) electrons. The lowest BCUT2D eigenvalue weighted by atomic mass is 9.94. The van der Waals surface area contributed by atoms with Crippen molar-refractivity contribution in [1.82, 2.24) is 19.5 Å². The molecule has 6 heteroatoms. The SMILES string of the molecule is c1ccc(-c2nc(-c3cccc(-c4cc(-c5ccccc5)c5c(c4)sc4ccccc45)c3)nc(-n3c4ccccc4c4ccc5c6ccccc6sc5c43)n2)cc1. The number of benzene rings is 8. The van der Waals surface area contributed by atoms with Gasteiger partial charge >= 0.3 is 0 Å². The molecule has 0 saturated heterocycles. The number of hydrogen-bond acceptors (Lipinski definition) is 5. The molecule has 0 amide bonds. The maximum atomic E-state index is 5.36. The van der Waals surface area contributed by atoms with E-state index in [1.807, 2.05) is 40.9 Å². The van der Waals surface area contributed by atoms with Crippen molar-refractivity contribution in [3.63, 3.8) is 0 Å². The third kappa shape index (κ3) is 5.15. The highest BCUT2D eigenvalue weighted by Gasteiger charge is 2.21. The first kappa shape index (κ1) is 32.3. The third-order valence-corrected chi connectivity index (χ3v) is 13.4. The molecule has 0 unspecified atom stereocenters. The van der Waals surface area contributed by atoms with Gasteiger partial charge in [-0.15, -0.1) is 22.7 Å². The van der Waals surface area contributed by atoms with Crippen LogP contribution in [0.3, 0.4) is 0 Å². The van der Waals surface area contributed by atoms with Gasteiger partial charge in [-0.1, -0.05) is 146 Å². The molecular formula is C51H30N4S2. The van der Waals surface area contributed by atoms with Gasteiger partial charge in [0, 0.05) is 57.5 Å². The van der Waals surface area contributed by atoms with Crippen LogP contribution in [-0.4, -0.2) is 19.5 Å². The second-order valence-electron chi connectivity index (χ2n) is 14.4. The first-order valence-electron chi connectivity index (χ1n) is 19.0.